The molecule has 2 atom stereocenters. The van der Waals surface area contributed by atoms with Crippen molar-refractivity contribution in [2.75, 3.05) is 0 Å². The van der Waals surface area contributed by atoms with Gasteiger partial charge in [-0.2, -0.15) is 0 Å². The van der Waals surface area contributed by atoms with Gasteiger partial charge in [0.15, 0.2) is 0 Å². The van der Waals surface area contributed by atoms with Crippen LogP contribution in [0.4, 0.5) is 0 Å². The van der Waals surface area contributed by atoms with Crippen molar-refractivity contribution in [3.63, 3.8) is 0 Å². The first-order chi connectivity index (χ1) is 13.3. The molecule has 1 aliphatic carbocycles. The second kappa shape index (κ2) is 8.27. The lowest BCUT2D eigenvalue weighted by Gasteiger charge is -2.28. The van der Waals surface area contributed by atoms with Gasteiger partial charge >= 0.3 is 0 Å². The fourth-order valence-electron chi connectivity index (χ4n) is 3.85. The van der Waals surface area contributed by atoms with E-state index in [2.05, 4.69) is 16.4 Å². The molecule has 1 aromatic carbocycles. The molecule has 6 heteroatoms. The van der Waals surface area contributed by atoms with Gasteiger partial charge in [-0.15, -0.1) is 17.0 Å². The topological polar surface area (TPSA) is 68.3 Å². The third-order valence-corrected chi connectivity index (χ3v) is 6.08. The molecule has 5 nitrogen and oxygen atoms in total. The summed E-state index contributed by atoms with van der Waals surface area (Å²) in [5.74, 6) is 1.04. The third kappa shape index (κ3) is 4.53. The van der Waals surface area contributed by atoms with Crippen LogP contribution in [0.2, 0.25) is 0 Å². The van der Waals surface area contributed by atoms with E-state index in [-0.39, 0.29) is 41.1 Å². The number of benzene rings is 1. The Labute approximate surface area is 182 Å². The molecule has 1 aliphatic heterocycles. The van der Waals surface area contributed by atoms with Gasteiger partial charge in [0.1, 0.15) is 12.4 Å². The molecular weight excluding hydrogens is 432 g/mol. The van der Waals surface area contributed by atoms with E-state index in [0.29, 0.717) is 12.5 Å². The van der Waals surface area contributed by atoms with E-state index in [1.807, 2.05) is 51.1 Å². The Kier molecular flexibility index (Phi) is 6.13. The average Bonchev–Trinajstić information content (AvgIpc) is 3.47. The van der Waals surface area contributed by atoms with Crippen molar-refractivity contribution in [1.29, 1.82) is 0 Å². The number of aryl methyl sites for hydroxylation is 1. The normalized spacial score (nSPS) is 22.0. The number of hydrogen-bond donors (Lipinski definition) is 1. The number of rotatable bonds is 6. The number of nitrogens with one attached hydrogen (secondary N) is 1. The molecule has 1 unspecified atom stereocenters. The van der Waals surface area contributed by atoms with Gasteiger partial charge in [-0.1, -0.05) is 31.2 Å². The van der Waals surface area contributed by atoms with Gasteiger partial charge in [-0.3, -0.25) is 19.9 Å². The zero-order valence-electron chi connectivity index (χ0n) is 17.0. The van der Waals surface area contributed by atoms with Crippen LogP contribution in [0.1, 0.15) is 67.5 Å². The molecule has 1 saturated carbocycles. The highest BCUT2D eigenvalue weighted by Crippen LogP contribution is 2.42. The highest BCUT2D eigenvalue weighted by Gasteiger charge is 2.46. The van der Waals surface area contributed by atoms with Crippen LogP contribution < -0.4 is 10.1 Å². The van der Waals surface area contributed by atoms with Crippen LogP contribution in [0.15, 0.2) is 36.4 Å². The van der Waals surface area contributed by atoms with Crippen molar-refractivity contribution in [2.24, 2.45) is 5.41 Å². The maximum absolute atomic E-state index is 12.2. The minimum atomic E-state index is -0.692. The summed E-state index contributed by atoms with van der Waals surface area (Å²) in [5.41, 5.74) is 3.54. The highest BCUT2D eigenvalue weighted by molar-refractivity contribution is 8.93. The molecule has 2 heterocycles. The molecule has 0 radical (unpaired) electrons. The largest absolute Gasteiger partial charge is 0.489 e. The van der Waals surface area contributed by atoms with Crippen molar-refractivity contribution >= 4 is 28.8 Å². The molecule has 0 bridgehead atoms. The summed E-state index contributed by atoms with van der Waals surface area (Å²) in [4.78, 5) is 28.4. The number of hydrogen-bond acceptors (Lipinski definition) is 4. The Morgan fingerprint density at radius 1 is 1.21 bits per heavy atom. The van der Waals surface area contributed by atoms with Crippen LogP contribution in [-0.4, -0.2) is 16.8 Å². The molecule has 1 saturated heterocycles. The van der Waals surface area contributed by atoms with Crippen molar-refractivity contribution in [1.82, 2.24) is 10.3 Å². The smallest absolute Gasteiger partial charge is 0.233 e. The first-order valence-electron chi connectivity index (χ1n) is 9.89. The lowest BCUT2D eigenvalue weighted by molar-refractivity contribution is -0.128. The van der Waals surface area contributed by atoms with Gasteiger partial charge in [0, 0.05) is 35.9 Å². The molecule has 29 heavy (non-hydrogen) atoms. The number of ether oxygens (including phenoxy) is 1. The first kappa shape index (κ1) is 21.5. The van der Waals surface area contributed by atoms with Gasteiger partial charge < -0.3 is 4.74 Å². The number of aromatic nitrogens is 1. The third-order valence-electron chi connectivity index (χ3n) is 6.08. The SMILES string of the molecule is Br.Cc1cc(OCc2ccc(C(C)[C@]3(C)CC(=O)NC3=O)cc2)cc(C2CC2)n1. The van der Waals surface area contributed by atoms with Crippen molar-refractivity contribution < 1.29 is 14.3 Å². The lowest BCUT2D eigenvalue weighted by atomic mass is 9.73. The van der Waals surface area contributed by atoms with E-state index in [0.717, 1.165) is 28.3 Å². The maximum atomic E-state index is 12.2. The predicted molar refractivity (Wildman–Crippen MR) is 116 cm³/mol. The summed E-state index contributed by atoms with van der Waals surface area (Å²) in [6.45, 7) is 6.35. The van der Waals surface area contributed by atoms with E-state index in [9.17, 15) is 9.59 Å². The molecule has 1 N–H and O–H groups in total. The van der Waals surface area contributed by atoms with E-state index in [1.54, 1.807) is 0 Å². The maximum Gasteiger partial charge on any atom is 0.233 e. The lowest BCUT2D eigenvalue weighted by Crippen LogP contribution is -2.33. The Morgan fingerprint density at radius 3 is 2.48 bits per heavy atom. The average molecular weight is 459 g/mol. The fraction of sp³-hybridized carbons (Fsp3) is 0.435. The van der Waals surface area contributed by atoms with Crippen LogP contribution in [0.25, 0.3) is 0 Å². The molecule has 0 spiro atoms. The summed E-state index contributed by atoms with van der Waals surface area (Å²) >= 11 is 0. The Balaban J connectivity index is 0.00000240. The van der Waals surface area contributed by atoms with E-state index in [4.69, 9.17) is 4.74 Å². The van der Waals surface area contributed by atoms with Gasteiger partial charge in [0.05, 0.1) is 5.41 Å². The van der Waals surface area contributed by atoms with Gasteiger partial charge in [0.2, 0.25) is 11.8 Å². The van der Waals surface area contributed by atoms with Crippen LogP contribution in [0.3, 0.4) is 0 Å². The molecule has 154 valence electrons. The summed E-state index contributed by atoms with van der Waals surface area (Å²) in [6, 6.07) is 12.1. The number of amides is 2. The molecule has 2 aliphatic rings. The molecule has 2 amide bonds. The van der Waals surface area contributed by atoms with Crippen LogP contribution in [0.5, 0.6) is 5.75 Å². The van der Waals surface area contributed by atoms with Gasteiger partial charge in [0.25, 0.3) is 0 Å². The summed E-state index contributed by atoms with van der Waals surface area (Å²) in [7, 11) is 0. The van der Waals surface area contributed by atoms with Crippen molar-refractivity contribution in [2.45, 2.75) is 58.5 Å². The van der Waals surface area contributed by atoms with Crippen LogP contribution in [-0.2, 0) is 16.2 Å². The van der Waals surface area contributed by atoms with E-state index < -0.39 is 5.41 Å². The highest BCUT2D eigenvalue weighted by atomic mass is 79.9. The number of nitrogens with zero attached hydrogens (tertiary/aromatic N) is 1. The second-order valence-electron chi connectivity index (χ2n) is 8.37. The number of pyridine rings is 1. The zero-order chi connectivity index (χ0) is 19.9. The van der Waals surface area contributed by atoms with E-state index >= 15 is 0 Å². The molecule has 4 rings (SSSR count). The molecule has 2 aromatic rings. The predicted octanol–water partition coefficient (Wildman–Crippen LogP) is 4.58. The monoisotopic (exact) mass is 458 g/mol. The zero-order valence-corrected chi connectivity index (χ0v) is 18.7. The van der Waals surface area contributed by atoms with Crippen molar-refractivity contribution in [3.8, 4) is 5.75 Å². The minimum Gasteiger partial charge on any atom is -0.489 e. The standard InChI is InChI=1S/C23H26N2O3.BrH/c1-14-10-19(11-20(24-14)18-8-9-18)28-13-16-4-6-17(7-5-16)15(2)23(3)12-21(26)25-22(23)27;/h4-7,10-11,15,18H,8-9,12-13H2,1-3H3,(H,25,26,27);1H/t15?,23-;/m0./s1. The van der Waals surface area contributed by atoms with Crippen molar-refractivity contribution in [3.05, 3.63) is 58.9 Å². The number of carbonyl (C=O) groups excluding carboxylic acids is 2. The summed E-state index contributed by atoms with van der Waals surface area (Å²) in [6.07, 6.45) is 2.68. The van der Waals surface area contributed by atoms with Gasteiger partial charge in [-0.05, 0) is 43.7 Å². The molecule has 2 fully saturated rings. The van der Waals surface area contributed by atoms with Gasteiger partial charge in [-0.25, -0.2) is 0 Å². The first-order valence-corrected chi connectivity index (χ1v) is 9.89. The quantitative estimate of drug-likeness (QED) is 0.643. The Hall–Kier alpha value is -2.21. The Morgan fingerprint density at radius 2 is 1.90 bits per heavy atom. The Bertz CT molecular complexity index is 924. The minimum absolute atomic E-state index is 0. The fourth-order valence-corrected chi connectivity index (χ4v) is 3.85. The van der Waals surface area contributed by atoms with Crippen LogP contribution in [0, 0.1) is 12.3 Å². The summed E-state index contributed by atoms with van der Waals surface area (Å²) < 4.78 is 5.99. The van der Waals surface area contributed by atoms with Crippen LogP contribution >= 0.6 is 17.0 Å². The molecular formula is C23H27BrN2O3. The number of imide groups is 1. The van der Waals surface area contributed by atoms with E-state index in [1.165, 1.54) is 12.8 Å². The summed E-state index contributed by atoms with van der Waals surface area (Å²) in [5, 5.41) is 2.43. The molecule has 1 aromatic heterocycles. The second-order valence-corrected chi connectivity index (χ2v) is 8.37. The number of carbonyl (C=O) groups is 2. The number of halogens is 1.